The van der Waals surface area contributed by atoms with Gasteiger partial charge in [-0.05, 0) is 29.7 Å². The lowest BCUT2D eigenvalue weighted by atomic mass is 9.89. The highest BCUT2D eigenvalue weighted by molar-refractivity contribution is 5.95. The van der Waals surface area contributed by atoms with Crippen molar-refractivity contribution in [3.63, 3.8) is 0 Å². The third-order valence-corrected chi connectivity index (χ3v) is 5.75. The first-order valence-corrected chi connectivity index (χ1v) is 9.80. The van der Waals surface area contributed by atoms with Gasteiger partial charge in [0.1, 0.15) is 6.61 Å². The predicted molar refractivity (Wildman–Crippen MR) is 108 cm³/mol. The summed E-state index contributed by atoms with van der Waals surface area (Å²) in [6.07, 6.45) is 0. The van der Waals surface area contributed by atoms with Crippen molar-refractivity contribution in [1.82, 2.24) is 10.2 Å². The molecule has 28 heavy (non-hydrogen) atoms. The number of carbonyl (C=O) groups is 1. The lowest BCUT2D eigenvalue weighted by molar-refractivity contribution is 0.0713. The number of hydrogen-bond acceptors (Lipinski definition) is 5. The molecule has 2 aromatic rings. The topological polar surface area (TPSA) is 76.8 Å². The van der Waals surface area contributed by atoms with Crippen molar-refractivity contribution in [3.8, 4) is 11.5 Å². The van der Waals surface area contributed by atoms with E-state index in [1.807, 2.05) is 29.2 Å². The Labute approximate surface area is 165 Å². The third-order valence-electron chi connectivity index (χ3n) is 5.75. The molecule has 2 saturated heterocycles. The summed E-state index contributed by atoms with van der Waals surface area (Å²) < 4.78 is 11.0. The summed E-state index contributed by atoms with van der Waals surface area (Å²) in [6.45, 7) is 3.51. The lowest BCUT2D eigenvalue weighted by Gasteiger charge is -2.28. The Morgan fingerprint density at radius 1 is 1.18 bits per heavy atom. The summed E-state index contributed by atoms with van der Waals surface area (Å²) in [5.41, 5.74) is 7.32. The van der Waals surface area contributed by atoms with E-state index < -0.39 is 0 Å². The van der Waals surface area contributed by atoms with Crippen molar-refractivity contribution in [2.75, 3.05) is 39.9 Å². The maximum atomic E-state index is 13.4. The molecule has 0 aromatic heterocycles. The van der Waals surface area contributed by atoms with Crippen molar-refractivity contribution in [2.45, 2.75) is 6.04 Å². The van der Waals surface area contributed by atoms with Gasteiger partial charge in [-0.3, -0.25) is 4.79 Å². The smallest absolute Gasteiger partial charge is 0.254 e. The number of ether oxygens (including phenoxy) is 2. The highest BCUT2D eigenvalue weighted by atomic mass is 16.5. The van der Waals surface area contributed by atoms with Crippen molar-refractivity contribution in [3.05, 3.63) is 59.7 Å². The maximum Gasteiger partial charge on any atom is 0.254 e. The van der Waals surface area contributed by atoms with E-state index in [0.717, 1.165) is 19.6 Å². The van der Waals surface area contributed by atoms with E-state index in [1.165, 1.54) is 5.56 Å². The number of rotatable bonds is 6. The number of nitrogens with two attached hydrogens (primary N) is 1. The monoisotopic (exact) mass is 381 g/mol. The molecular weight excluding hydrogens is 354 g/mol. The molecule has 2 heterocycles. The van der Waals surface area contributed by atoms with E-state index in [4.69, 9.17) is 15.2 Å². The molecule has 4 rings (SSSR count). The third kappa shape index (κ3) is 3.45. The van der Waals surface area contributed by atoms with Crippen molar-refractivity contribution < 1.29 is 14.3 Å². The standard InChI is InChI=1S/C22H27N3O3/c1-27-20-11-16(7-8-19(20)28-10-9-23)22(26)25-14-17-12-24-13-18(17)21(25)15-5-3-2-4-6-15/h2-8,11,17-18,21,24H,9-10,12-14,23H2,1H3/t17-,18-,21+/m0/s1. The van der Waals surface area contributed by atoms with Gasteiger partial charge in [0.2, 0.25) is 0 Å². The minimum atomic E-state index is 0.0342. The highest BCUT2D eigenvalue weighted by Gasteiger charge is 2.46. The Morgan fingerprint density at radius 2 is 2.00 bits per heavy atom. The molecule has 2 fully saturated rings. The predicted octanol–water partition coefficient (Wildman–Crippen LogP) is 2.07. The highest BCUT2D eigenvalue weighted by Crippen LogP contribution is 2.43. The van der Waals surface area contributed by atoms with Crippen LogP contribution in [0.5, 0.6) is 11.5 Å². The Morgan fingerprint density at radius 3 is 2.75 bits per heavy atom. The second kappa shape index (κ2) is 8.20. The van der Waals surface area contributed by atoms with Gasteiger partial charge in [-0.1, -0.05) is 30.3 Å². The van der Waals surface area contributed by atoms with Crippen LogP contribution in [0, 0.1) is 11.8 Å². The van der Waals surface area contributed by atoms with Crippen LogP contribution in [0.2, 0.25) is 0 Å². The summed E-state index contributed by atoms with van der Waals surface area (Å²) in [5.74, 6) is 2.12. The minimum absolute atomic E-state index is 0.0342. The number of hydrogen-bond donors (Lipinski definition) is 2. The normalized spacial score (nSPS) is 23.5. The fourth-order valence-electron chi connectivity index (χ4n) is 4.46. The van der Waals surface area contributed by atoms with Gasteiger partial charge in [0.25, 0.3) is 5.91 Å². The maximum absolute atomic E-state index is 13.4. The average Bonchev–Trinajstić information content (AvgIpc) is 3.33. The number of methoxy groups -OCH3 is 1. The number of amides is 1. The first-order valence-electron chi connectivity index (χ1n) is 9.80. The van der Waals surface area contributed by atoms with Crippen LogP contribution in [0.25, 0.3) is 0 Å². The second-order valence-corrected chi connectivity index (χ2v) is 7.40. The molecule has 3 atom stereocenters. The molecule has 6 nitrogen and oxygen atoms in total. The summed E-state index contributed by atoms with van der Waals surface area (Å²) in [5, 5.41) is 3.48. The molecule has 2 aliphatic heterocycles. The molecule has 0 radical (unpaired) electrons. The Kier molecular flexibility index (Phi) is 5.50. The van der Waals surface area contributed by atoms with Crippen LogP contribution in [-0.4, -0.2) is 50.7 Å². The van der Waals surface area contributed by atoms with Gasteiger partial charge in [0.05, 0.1) is 13.2 Å². The van der Waals surface area contributed by atoms with E-state index in [9.17, 15) is 4.79 Å². The molecule has 3 N–H and O–H groups in total. The van der Waals surface area contributed by atoms with Crippen LogP contribution in [-0.2, 0) is 0 Å². The van der Waals surface area contributed by atoms with E-state index >= 15 is 0 Å². The van der Waals surface area contributed by atoms with E-state index in [2.05, 4.69) is 17.4 Å². The number of benzene rings is 2. The van der Waals surface area contributed by atoms with Gasteiger partial charge in [-0.25, -0.2) is 0 Å². The van der Waals surface area contributed by atoms with Crippen LogP contribution >= 0.6 is 0 Å². The Bertz CT molecular complexity index is 827. The molecule has 1 amide bonds. The first-order chi connectivity index (χ1) is 13.7. The quantitative estimate of drug-likeness (QED) is 0.801. The number of carbonyl (C=O) groups excluding carboxylic acids is 1. The molecule has 0 spiro atoms. The Balaban J connectivity index is 1.63. The zero-order valence-corrected chi connectivity index (χ0v) is 16.1. The van der Waals surface area contributed by atoms with E-state index in [-0.39, 0.29) is 11.9 Å². The van der Waals surface area contributed by atoms with Crippen LogP contribution in [0.1, 0.15) is 22.0 Å². The molecule has 2 aliphatic rings. The molecule has 2 aromatic carbocycles. The summed E-state index contributed by atoms with van der Waals surface area (Å²) in [7, 11) is 1.58. The van der Waals surface area contributed by atoms with E-state index in [1.54, 1.807) is 19.2 Å². The fourth-order valence-corrected chi connectivity index (χ4v) is 4.46. The lowest BCUT2D eigenvalue weighted by Crippen LogP contribution is -2.34. The number of nitrogens with one attached hydrogen (secondary N) is 1. The van der Waals surface area contributed by atoms with Gasteiger partial charge < -0.3 is 25.4 Å². The average molecular weight is 381 g/mol. The van der Waals surface area contributed by atoms with Crippen molar-refractivity contribution >= 4 is 5.91 Å². The minimum Gasteiger partial charge on any atom is -0.493 e. The number of nitrogens with zero attached hydrogens (tertiary/aromatic N) is 1. The SMILES string of the molecule is COc1cc(C(=O)N2C[C@@H]3CNC[C@@H]3[C@H]2c2ccccc2)ccc1OCCN. The zero-order chi connectivity index (χ0) is 19.5. The number of likely N-dealkylation sites (tertiary alicyclic amines) is 1. The zero-order valence-electron chi connectivity index (χ0n) is 16.1. The summed E-state index contributed by atoms with van der Waals surface area (Å²) in [6, 6.07) is 15.8. The second-order valence-electron chi connectivity index (χ2n) is 7.40. The Hall–Kier alpha value is -2.57. The molecule has 6 heteroatoms. The molecule has 0 aliphatic carbocycles. The first kappa shape index (κ1) is 18.8. The van der Waals surface area contributed by atoms with Gasteiger partial charge in [0, 0.05) is 37.7 Å². The summed E-state index contributed by atoms with van der Waals surface area (Å²) >= 11 is 0. The molecule has 0 saturated carbocycles. The van der Waals surface area contributed by atoms with Crippen LogP contribution in [0.15, 0.2) is 48.5 Å². The van der Waals surface area contributed by atoms with Crippen LogP contribution < -0.4 is 20.5 Å². The van der Waals surface area contributed by atoms with Crippen LogP contribution in [0.3, 0.4) is 0 Å². The van der Waals surface area contributed by atoms with Gasteiger partial charge in [-0.15, -0.1) is 0 Å². The number of fused-ring (bicyclic) bond motifs is 1. The van der Waals surface area contributed by atoms with Gasteiger partial charge in [0.15, 0.2) is 11.5 Å². The van der Waals surface area contributed by atoms with Gasteiger partial charge in [-0.2, -0.15) is 0 Å². The molecule has 0 unspecified atom stereocenters. The van der Waals surface area contributed by atoms with Crippen LogP contribution in [0.4, 0.5) is 0 Å². The molecule has 0 bridgehead atoms. The fraction of sp³-hybridized carbons (Fsp3) is 0.409. The van der Waals surface area contributed by atoms with Crippen molar-refractivity contribution in [1.29, 1.82) is 0 Å². The molecular formula is C22H27N3O3. The van der Waals surface area contributed by atoms with E-state index in [0.29, 0.717) is 42.0 Å². The summed E-state index contributed by atoms with van der Waals surface area (Å²) in [4.78, 5) is 15.5. The molecule has 148 valence electrons. The van der Waals surface area contributed by atoms with Gasteiger partial charge >= 0.3 is 0 Å². The van der Waals surface area contributed by atoms with Crippen molar-refractivity contribution in [2.24, 2.45) is 17.6 Å². The largest absolute Gasteiger partial charge is 0.493 e.